The van der Waals surface area contributed by atoms with Crippen molar-refractivity contribution in [1.82, 2.24) is 4.98 Å². The van der Waals surface area contributed by atoms with Gasteiger partial charge in [-0.25, -0.2) is 13.8 Å². The van der Waals surface area contributed by atoms with Crippen LogP contribution in [-0.2, 0) is 0 Å². The molecule has 0 aliphatic rings. The van der Waals surface area contributed by atoms with Crippen LogP contribution >= 0.6 is 11.3 Å². The lowest BCUT2D eigenvalue weighted by molar-refractivity contribution is 0.598. The van der Waals surface area contributed by atoms with Gasteiger partial charge in [-0.05, 0) is 24.3 Å². The molecular weight excluding hydrogens is 314 g/mol. The van der Waals surface area contributed by atoms with Gasteiger partial charge >= 0.3 is 0 Å². The van der Waals surface area contributed by atoms with E-state index in [2.05, 4.69) is 4.98 Å². The summed E-state index contributed by atoms with van der Waals surface area (Å²) in [6, 6.07) is 14.7. The fourth-order valence-electron chi connectivity index (χ4n) is 2.06. The Morgan fingerprint density at radius 1 is 1.13 bits per heavy atom. The predicted octanol–water partition coefficient (Wildman–Crippen LogP) is 5.15. The van der Waals surface area contributed by atoms with E-state index in [0.717, 1.165) is 29.5 Å². The van der Waals surface area contributed by atoms with E-state index in [-0.39, 0.29) is 11.1 Å². The van der Waals surface area contributed by atoms with Crippen LogP contribution in [0.3, 0.4) is 0 Å². The van der Waals surface area contributed by atoms with Crippen molar-refractivity contribution in [2.75, 3.05) is 0 Å². The number of hydrogen-bond acceptors (Lipinski definition) is 3. The zero-order valence-electron chi connectivity index (χ0n) is 11.8. The van der Waals surface area contributed by atoms with Gasteiger partial charge in [0.05, 0.1) is 11.3 Å². The smallest absolute Gasteiger partial charge is 0.134 e. The zero-order valence-corrected chi connectivity index (χ0v) is 12.6. The maximum atomic E-state index is 13.7. The highest BCUT2D eigenvalue weighted by atomic mass is 32.1. The topological polar surface area (TPSA) is 36.7 Å². The minimum atomic E-state index is -0.584. The highest BCUT2D eigenvalue weighted by Crippen LogP contribution is 2.27. The van der Waals surface area contributed by atoms with E-state index in [9.17, 15) is 14.0 Å². The molecule has 1 aromatic heterocycles. The molecule has 0 unspecified atom stereocenters. The van der Waals surface area contributed by atoms with Crippen LogP contribution < -0.4 is 0 Å². The summed E-state index contributed by atoms with van der Waals surface area (Å²) in [7, 11) is 0. The number of aromatic nitrogens is 1. The van der Waals surface area contributed by atoms with Crippen molar-refractivity contribution in [1.29, 1.82) is 5.26 Å². The van der Waals surface area contributed by atoms with Crippen LogP contribution in [0.2, 0.25) is 0 Å². The first-order chi connectivity index (χ1) is 11.2. The Labute approximate surface area is 136 Å². The molecule has 0 N–H and O–H groups in total. The molecule has 112 valence electrons. The molecule has 0 fully saturated rings. The quantitative estimate of drug-likeness (QED) is 0.625. The average molecular weight is 324 g/mol. The van der Waals surface area contributed by atoms with E-state index in [1.165, 1.54) is 17.4 Å². The summed E-state index contributed by atoms with van der Waals surface area (Å²) in [5.41, 5.74) is 1.90. The van der Waals surface area contributed by atoms with E-state index >= 15 is 0 Å². The first kappa shape index (κ1) is 15.1. The molecular formula is C18H10F2N2S. The molecule has 5 heteroatoms. The minimum Gasteiger partial charge on any atom is -0.235 e. The molecule has 0 radical (unpaired) electrons. The van der Waals surface area contributed by atoms with Gasteiger partial charge in [0.2, 0.25) is 0 Å². The SMILES string of the molecule is N#CC(=Cc1cc(F)ccc1F)c1nc(-c2ccccc2)cs1. The molecule has 1 heterocycles. The molecule has 0 amide bonds. The highest BCUT2D eigenvalue weighted by Gasteiger charge is 2.10. The van der Waals surface area contributed by atoms with Crippen molar-refractivity contribution in [2.45, 2.75) is 0 Å². The second-order valence-electron chi connectivity index (χ2n) is 4.74. The summed E-state index contributed by atoms with van der Waals surface area (Å²) >= 11 is 1.29. The number of nitrogens with zero attached hydrogens (tertiary/aromatic N) is 2. The Morgan fingerprint density at radius 2 is 1.91 bits per heavy atom. The maximum absolute atomic E-state index is 13.7. The summed E-state index contributed by atoms with van der Waals surface area (Å²) in [6.45, 7) is 0. The highest BCUT2D eigenvalue weighted by molar-refractivity contribution is 7.11. The molecule has 0 spiro atoms. The van der Waals surface area contributed by atoms with Crippen molar-refractivity contribution >= 4 is 23.0 Å². The number of allylic oxidation sites excluding steroid dienone is 1. The van der Waals surface area contributed by atoms with Crippen molar-refractivity contribution in [3.63, 3.8) is 0 Å². The Morgan fingerprint density at radius 3 is 2.65 bits per heavy atom. The first-order valence-corrected chi connectivity index (χ1v) is 7.63. The number of nitriles is 1. The van der Waals surface area contributed by atoms with Crippen LogP contribution in [0.1, 0.15) is 10.6 Å². The molecule has 0 aliphatic carbocycles. The lowest BCUT2D eigenvalue weighted by Gasteiger charge is -1.99. The Hall–Kier alpha value is -2.84. The van der Waals surface area contributed by atoms with E-state index in [4.69, 9.17) is 0 Å². The maximum Gasteiger partial charge on any atom is 0.134 e. The van der Waals surface area contributed by atoms with Crippen LogP contribution in [0.15, 0.2) is 53.9 Å². The largest absolute Gasteiger partial charge is 0.235 e. The predicted molar refractivity (Wildman–Crippen MR) is 87.4 cm³/mol. The van der Waals surface area contributed by atoms with Gasteiger partial charge in [0.1, 0.15) is 22.7 Å². The van der Waals surface area contributed by atoms with Crippen LogP contribution in [0, 0.1) is 23.0 Å². The lowest BCUT2D eigenvalue weighted by Crippen LogP contribution is -1.87. The third kappa shape index (κ3) is 3.33. The van der Waals surface area contributed by atoms with Gasteiger partial charge in [-0.1, -0.05) is 30.3 Å². The standard InChI is InChI=1S/C18H10F2N2S/c19-15-6-7-16(20)13(9-15)8-14(10-21)18-22-17(11-23-18)12-4-2-1-3-5-12/h1-9,11H. The third-order valence-electron chi connectivity index (χ3n) is 3.18. The molecule has 2 aromatic carbocycles. The third-order valence-corrected chi connectivity index (χ3v) is 4.06. The minimum absolute atomic E-state index is 0.0259. The summed E-state index contributed by atoms with van der Waals surface area (Å²) in [5, 5.41) is 11.6. The van der Waals surface area contributed by atoms with E-state index in [1.54, 1.807) is 0 Å². The fraction of sp³-hybridized carbons (Fsp3) is 0. The van der Waals surface area contributed by atoms with Crippen LogP contribution in [0.25, 0.3) is 22.9 Å². The fourth-order valence-corrected chi connectivity index (χ4v) is 2.86. The number of benzene rings is 2. The van der Waals surface area contributed by atoms with Crippen molar-refractivity contribution in [2.24, 2.45) is 0 Å². The molecule has 3 aromatic rings. The van der Waals surface area contributed by atoms with Crippen LogP contribution in [-0.4, -0.2) is 4.98 Å². The van der Waals surface area contributed by atoms with Gasteiger partial charge in [-0.2, -0.15) is 5.26 Å². The Kier molecular flexibility index (Phi) is 4.26. The molecule has 3 rings (SSSR count). The second-order valence-corrected chi connectivity index (χ2v) is 5.60. The summed E-state index contributed by atoms with van der Waals surface area (Å²) < 4.78 is 27.0. The normalized spacial score (nSPS) is 11.3. The average Bonchev–Trinajstić information content (AvgIpc) is 3.06. The molecule has 0 saturated carbocycles. The van der Waals surface area contributed by atoms with Crippen molar-refractivity contribution < 1.29 is 8.78 Å². The molecule has 0 bridgehead atoms. The number of halogens is 2. The zero-order chi connectivity index (χ0) is 16.2. The molecule has 0 atom stereocenters. The van der Waals surface area contributed by atoms with Crippen LogP contribution in [0.4, 0.5) is 8.78 Å². The van der Waals surface area contributed by atoms with Gasteiger partial charge in [0.25, 0.3) is 0 Å². The molecule has 0 aliphatic heterocycles. The number of rotatable bonds is 3. The van der Waals surface area contributed by atoms with Gasteiger partial charge in [0.15, 0.2) is 0 Å². The van der Waals surface area contributed by atoms with E-state index < -0.39 is 11.6 Å². The summed E-state index contributed by atoms with van der Waals surface area (Å²) in [6.07, 6.45) is 1.31. The van der Waals surface area contributed by atoms with Crippen LogP contribution in [0.5, 0.6) is 0 Å². The number of thiazole rings is 1. The van der Waals surface area contributed by atoms with Crippen molar-refractivity contribution in [3.05, 3.63) is 76.1 Å². The van der Waals surface area contributed by atoms with Gasteiger partial charge in [0, 0.05) is 16.5 Å². The Bertz CT molecular complexity index is 908. The molecule has 2 nitrogen and oxygen atoms in total. The summed E-state index contributed by atoms with van der Waals surface area (Å²) in [5.74, 6) is -1.14. The van der Waals surface area contributed by atoms with E-state index in [0.29, 0.717) is 5.01 Å². The van der Waals surface area contributed by atoms with Gasteiger partial charge in [-0.3, -0.25) is 0 Å². The molecule has 23 heavy (non-hydrogen) atoms. The first-order valence-electron chi connectivity index (χ1n) is 6.75. The second kappa shape index (κ2) is 6.51. The van der Waals surface area contributed by atoms with Gasteiger partial charge in [-0.15, -0.1) is 11.3 Å². The number of hydrogen-bond donors (Lipinski definition) is 0. The summed E-state index contributed by atoms with van der Waals surface area (Å²) in [4.78, 5) is 4.41. The lowest BCUT2D eigenvalue weighted by atomic mass is 10.1. The van der Waals surface area contributed by atoms with Crippen molar-refractivity contribution in [3.8, 4) is 17.3 Å². The monoisotopic (exact) mass is 324 g/mol. The molecule has 0 saturated heterocycles. The van der Waals surface area contributed by atoms with Gasteiger partial charge < -0.3 is 0 Å². The Balaban J connectivity index is 1.99. The van der Waals surface area contributed by atoms with E-state index in [1.807, 2.05) is 41.8 Å².